The molecule has 0 fully saturated rings. The number of H-pyrrole nitrogens is 1. The summed E-state index contributed by atoms with van der Waals surface area (Å²) in [5.41, 5.74) is 5.54. The molecule has 31 heavy (non-hydrogen) atoms. The number of esters is 1. The number of anilines is 1. The van der Waals surface area contributed by atoms with E-state index in [-0.39, 0.29) is 5.91 Å². The lowest BCUT2D eigenvalue weighted by Crippen LogP contribution is -2.30. The number of carbonyl (C=O) groups is 2. The molecule has 0 bridgehead atoms. The molecule has 1 amide bonds. The van der Waals surface area contributed by atoms with Gasteiger partial charge < -0.3 is 15.0 Å². The Labute approximate surface area is 180 Å². The third-order valence-corrected chi connectivity index (χ3v) is 4.91. The summed E-state index contributed by atoms with van der Waals surface area (Å²) in [6.45, 7) is 5.47. The Morgan fingerprint density at radius 3 is 2.39 bits per heavy atom. The van der Waals surface area contributed by atoms with Gasteiger partial charge in [0.2, 0.25) is 0 Å². The normalized spacial score (nSPS) is 11.8. The van der Waals surface area contributed by atoms with E-state index in [9.17, 15) is 9.59 Å². The van der Waals surface area contributed by atoms with Gasteiger partial charge in [0.25, 0.3) is 5.91 Å². The van der Waals surface area contributed by atoms with Crippen LogP contribution in [-0.4, -0.2) is 27.9 Å². The molecule has 4 aromatic rings. The van der Waals surface area contributed by atoms with Gasteiger partial charge in [0.1, 0.15) is 5.82 Å². The highest BCUT2D eigenvalue weighted by Crippen LogP contribution is 2.22. The molecule has 1 unspecified atom stereocenters. The summed E-state index contributed by atoms with van der Waals surface area (Å²) in [4.78, 5) is 32.9. The second kappa shape index (κ2) is 8.44. The topological polar surface area (TPSA) is 84.1 Å². The SMILES string of the molecule is Cc1cc(C)cc(NC(=O)C(C)OC(=O)c2ccc3nc(-c4ccccc4)[nH]c3c2)c1. The largest absolute Gasteiger partial charge is 0.449 e. The number of nitrogens with zero attached hydrogens (tertiary/aromatic N) is 1. The van der Waals surface area contributed by atoms with Gasteiger partial charge in [0, 0.05) is 11.3 Å². The van der Waals surface area contributed by atoms with Gasteiger partial charge in [-0.1, -0.05) is 36.4 Å². The Kier molecular flexibility index (Phi) is 5.54. The van der Waals surface area contributed by atoms with Gasteiger partial charge in [-0.3, -0.25) is 4.79 Å². The van der Waals surface area contributed by atoms with Gasteiger partial charge in [-0.05, 0) is 62.2 Å². The first-order valence-corrected chi connectivity index (χ1v) is 10.0. The average molecular weight is 413 g/mol. The lowest BCUT2D eigenvalue weighted by molar-refractivity contribution is -0.123. The highest BCUT2D eigenvalue weighted by atomic mass is 16.5. The summed E-state index contributed by atoms with van der Waals surface area (Å²) >= 11 is 0. The zero-order chi connectivity index (χ0) is 22.0. The second-order valence-electron chi connectivity index (χ2n) is 7.60. The molecule has 3 aromatic carbocycles. The van der Waals surface area contributed by atoms with Crippen LogP contribution < -0.4 is 5.32 Å². The van der Waals surface area contributed by atoms with E-state index >= 15 is 0 Å². The molecule has 4 rings (SSSR count). The number of benzene rings is 3. The molecule has 0 saturated heterocycles. The molecule has 0 aliphatic carbocycles. The van der Waals surface area contributed by atoms with Crippen molar-refractivity contribution in [2.75, 3.05) is 5.32 Å². The van der Waals surface area contributed by atoms with Gasteiger partial charge in [0.05, 0.1) is 16.6 Å². The Balaban J connectivity index is 1.46. The zero-order valence-corrected chi connectivity index (χ0v) is 17.6. The number of imidazole rings is 1. The molecule has 6 heteroatoms. The molecular weight excluding hydrogens is 390 g/mol. The lowest BCUT2D eigenvalue weighted by Gasteiger charge is -2.14. The smallest absolute Gasteiger partial charge is 0.338 e. The van der Waals surface area contributed by atoms with Crippen LogP contribution in [0.15, 0.2) is 66.7 Å². The van der Waals surface area contributed by atoms with Crippen molar-refractivity contribution in [2.45, 2.75) is 26.9 Å². The van der Waals surface area contributed by atoms with Gasteiger partial charge >= 0.3 is 5.97 Å². The quantitative estimate of drug-likeness (QED) is 0.450. The van der Waals surface area contributed by atoms with E-state index in [2.05, 4.69) is 15.3 Å². The van der Waals surface area contributed by atoms with Gasteiger partial charge in [0.15, 0.2) is 6.10 Å². The fourth-order valence-electron chi connectivity index (χ4n) is 3.44. The predicted molar refractivity (Wildman–Crippen MR) is 121 cm³/mol. The summed E-state index contributed by atoms with van der Waals surface area (Å²) in [7, 11) is 0. The van der Waals surface area contributed by atoms with E-state index in [4.69, 9.17) is 4.74 Å². The van der Waals surface area contributed by atoms with Gasteiger partial charge in [-0.2, -0.15) is 0 Å². The average Bonchev–Trinajstić information content (AvgIpc) is 3.17. The second-order valence-corrected chi connectivity index (χ2v) is 7.60. The Morgan fingerprint density at radius 2 is 1.68 bits per heavy atom. The molecule has 0 spiro atoms. The van der Waals surface area contributed by atoms with Crippen molar-refractivity contribution >= 4 is 28.6 Å². The molecule has 1 aromatic heterocycles. The van der Waals surface area contributed by atoms with Crippen molar-refractivity contribution in [3.8, 4) is 11.4 Å². The minimum absolute atomic E-state index is 0.349. The Hall–Kier alpha value is -3.93. The maximum Gasteiger partial charge on any atom is 0.338 e. The van der Waals surface area contributed by atoms with Crippen molar-refractivity contribution in [1.29, 1.82) is 0 Å². The number of aromatic nitrogens is 2. The van der Waals surface area contributed by atoms with Crippen LogP contribution in [0.25, 0.3) is 22.4 Å². The first-order chi connectivity index (χ1) is 14.9. The minimum atomic E-state index is -0.939. The Bertz CT molecular complexity index is 1240. The maximum atomic E-state index is 12.6. The van der Waals surface area contributed by atoms with Crippen LogP contribution in [0.5, 0.6) is 0 Å². The van der Waals surface area contributed by atoms with Crippen molar-refractivity contribution in [2.24, 2.45) is 0 Å². The van der Waals surface area contributed by atoms with Crippen molar-refractivity contribution < 1.29 is 14.3 Å². The number of ether oxygens (including phenoxy) is 1. The van der Waals surface area contributed by atoms with Crippen LogP contribution in [0.2, 0.25) is 0 Å². The number of amides is 1. The molecule has 1 heterocycles. The molecule has 0 aliphatic rings. The predicted octanol–water partition coefficient (Wildman–Crippen LogP) is 5.03. The maximum absolute atomic E-state index is 12.6. The fourth-order valence-corrected chi connectivity index (χ4v) is 3.44. The summed E-state index contributed by atoms with van der Waals surface area (Å²) in [6.07, 6.45) is -0.939. The molecule has 156 valence electrons. The standard InChI is InChI=1S/C25H23N3O3/c1-15-11-16(2)13-20(12-15)26-24(29)17(3)31-25(30)19-9-10-21-22(14-19)28-23(27-21)18-7-5-4-6-8-18/h4-14,17H,1-3H3,(H,26,29)(H,27,28). The van der Waals surface area contributed by atoms with Crippen LogP contribution in [0.3, 0.4) is 0 Å². The number of rotatable bonds is 5. The summed E-state index contributed by atoms with van der Waals surface area (Å²) < 4.78 is 5.39. The first kappa shape index (κ1) is 20.3. The molecule has 0 saturated carbocycles. The van der Waals surface area contributed by atoms with E-state index in [1.807, 2.05) is 62.4 Å². The summed E-state index contributed by atoms with van der Waals surface area (Å²) in [5.74, 6) is -0.226. The van der Waals surface area contributed by atoms with Crippen LogP contribution in [0, 0.1) is 13.8 Å². The van der Waals surface area contributed by atoms with E-state index in [1.54, 1.807) is 25.1 Å². The number of hydrogen-bond donors (Lipinski definition) is 2. The van der Waals surface area contributed by atoms with E-state index in [0.29, 0.717) is 11.3 Å². The van der Waals surface area contributed by atoms with Crippen LogP contribution in [-0.2, 0) is 9.53 Å². The minimum Gasteiger partial charge on any atom is -0.449 e. The van der Waals surface area contributed by atoms with Crippen molar-refractivity contribution in [1.82, 2.24) is 9.97 Å². The lowest BCUT2D eigenvalue weighted by atomic mass is 10.1. The highest BCUT2D eigenvalue weighted by molar-refractivity contribution is 5.98. The van der Waals surface area contributed by atoms with Crippen LogP contribution >= 0.6 is 0 Å². The molecule has 2 N–H and O–H groups in total. The number of aryl methyl sites for hydroxylation is 2. The van der Waals surface area contributed by atoms with E-state index in [0.717, 1.165) is 33.5 Å². The highest BCUT2D eigenvalue weighted by Gasteiger charge is 2.20. The van der Waals surface area contributed by atoms with E-state index < -0.39 is 12.1 Å². The number of nitrogens with one attached hydrogen (secondary N) is 2. The first-order valence-electron chi connectivity index (χ1n) is 10.0. The molecule has 1 atom stereocenters. The molecule has 0 aliphatic heterocycles. The number of fused-ring (bicyclic) bond motifs is 1. The Morgan fingerprint density at radius 1 is 0.968 bits per heavy atom. The van der Waals surface area contributed by atoms with Crippen LogP contribution in [0.1, 0.15) is 28.4 Å². The third-order valence-electron chi connectivity index (χ3n) is 4.91. The molecule has 0 radical (unpaired) electrons. The monoisotopic (exact) mass is 413 g/mol. The zero-order valence-electron chi connectivity index (χ0n) is 17.6. The van der Waals surface area contributed by atoms with Gasteiger partial charge in [-0.25, -0.2) is 9.78 Å². The fraction of sp³-hybridized carbons (Fsp3) is 0.160. The molecule has 6 nitrogen and oxygen atoms in total. The summed E-state index contributed by atoms with van der Waals surface area (Å²) in [6, 6.07) is 20.6. The van der Waals surface area contributed by atoms with Gasteiger partial charge in [-0.15, -0.1) is 0 Å². The number of carbonyl (C=O) groups excluding carboxylic acids is 2. The number of hydrogen-bond acceptors (Lipinski definition) is 4. The van der Waals surface area contributed by atoms with Crippen molar-refractivity contribution in [3.05, 3.63) is 83.4 Å². The van der Waals surface area contributed by atoms with E-state index in [1.165, 1.54) is 0 Å². The number of aromatic amines is 1. The van der Waals surface area contributed by atoms with Crippen molar-refractivity contribution in [3.63, 3.8) is 0 Å². The third kappa shape index (κ3) is 4.64. The van der Waals surface area contributed by atoms with Crippen LogP contribution in [0.4, 0.5) is 5.69 Å². The summed E-state index contributed by atoms with van der Waals surface area (Å²) in [5, 5.41) is 2.80. The molecular formula is C25H23N3O3.